The largest absolute Gasteiger partial charge is 0.416 e. The van der Waals surface area contributed by atoms with Gasteiger partial charge in [-0.1, -0.05) is 12.1 Å². The van der Waals surface area contributed by atoms with E-state index in [0.717, 1.165) is 18.2 Å². The maximum Gasteiger partial charge on any atom is 0.416 e. The van der Waals surface area contributed by atoms with Crippen molar-refractivity contribution in [2.75, 3.05) is 5.73 Å². The fourth-order valence-electron chi connectivity index (χ4n) is 1.64. The number of nitro groups is 1. The maximum atomic E-state index is 12.6. The summed E-state index contributed by atoms with van der Waals surface area (Å²) in [6.07, 6.45) is -4.47. The predicted molar refractivity (Wildman–Crippen MR) is 65.7 cm³/mol. The van der Waals surface area contributed by atoms with Crippen LogP contribution in [0.4, 0.5) is 24.7 Å². The molecule has 8 heteroatoms. The molecule has 104 valence electrons. The third kappa shape index (κ3) is 2.68. The second-order valence-electron chi connectivity index (χ2n) is 3.94. The molecule has 1 aromatic carbocycles. The van der Waals surface area contributed by atoms with Crippen molar-refractivity contribution < 1.29 is 18.1 Å². The smallest absolute Gasteiger partial charge is 0.378 e. The van der Waals surface area contributed by atoms with Crippen molar-refractivity contribution in [1.82, 2.24) is 4.98 Å². The third-order valence-electron chi connectivity index (χ3n) is 2.58. The van der Waals surface area contributed by atoms with Crippen molar-refractivity contribution >= 4 is 11.5 Å². The first-order chi connectivity index (χ1) is 9.29. The van der Waals surface area contributed by atoms with E-state index in [1.807, 2.05) is 0 Å². The molecule has 0 unspecified atom stereocenters. The Morgan fingerprint density at radius 2 is 1.90 bits per heavy atom. The molecule has 0 aliphatic rings. The van der Waals surface area contributed by atoms with Gasteiger partial charge in [-0.3, -0.25) is 10.1 Å². The van der Waals surface area contributed by atoms with Gasteiger partial charge in [0.2, 0.25) is 5.82 Å². The average molecular weight is 283 g/mol. The molecule has 2 aromatic rings. The van der Waals surface area contributed by atoms with Gasteiger partial charge in [0.25, 0.3) is 0 Å². The Balaban J connectivity index is 2.47. The summed E-state index contributed by atoms with van der Waals surface area (Å²) in [5, 5.41) is 10.6. The highest BCUT2D eigenvalue weighted by molar-refractivity contribution is 5.66. The van der Waals surface area contributed by atoms with Gasteiger partial charge in [0, 0.05) is 11.6 Å². The molecule has 20 heavy (non-hydrogen) atoms. The van der Waals surface area contributed by atoms with Crippen molar-refractivity contribution in [2.45, 2.75) is 6.18 Å². The Bertz CT molecular complexity index is 671. The number of hydrogen-bond donors (Lipinski definition) is 1. The van der Waals surface area contributed by atoms with Gasteiger partial charge in [0.05, 0.1) is 16.2 Å². The highest BCUT2D eigenvalue weighted by Gasteiger charge is 2.30. The molecule has 0 bridgehead atoms. The van der Waals surface area contributed by atoms with Gasteiger partial charge in [0.15, 0.2) is 0 Å². The first kappa shape index (κ1) is 13.8. The van der Waals surface area contributed by atoms with E-state index in [2.05, 4.69) is 4.98 Å². The molecule has 0 spiro atoms. The van der Waals surface area contributed by atoms with E-state index in [1.54, 1.807) is 0 Å². The second-order valence-corrected chi connectivity index (χ2v) is 3.94. The number of nitrogens with zero attached hydrogens (tertiary/aromatic N) is 2. The minimum Gasteiger partial charge on any atom is -0.378 e. The minimum absolute atomic E-state index is 0.138. The number of benzene rings is 1. The summed E-state index contributed by atoms with van der Waals surface area (Å²) >= 11 is 0. The van der Waals surface area contributed by atoms with Crippen molar-refractivity contribution in [3.8, 4) is 11.3 Å². The number of aromatic nitrogens is 1. The summed E-state index contributed by atoms with van der Waals surface area (Å²) in [7, 11) is 0. The van der Waals surface area contributed by atoms with E-state index >= 15 is 0 Å². The third-order valence-corrected chi connectivity index (χ3v) is 2.58. The van der Waals surface area contributed by atoms with E-state index in [1.165, 1.54) is 18.2 Å². The molecule has 0 saturated carbocycles. The molecule has 1 aromatic heterocycles. The maximum absolute atomic E-state index is 12.6. The Morgan fingerprint density at radius 1 is 1.20 bits per heavy atom. The first-order valence-electron chi connectivity index (χ1n) is 5.37. The van der Waals surface area contributed by atoms with Gasteiger partial charge in [0.1, 0.15) is 0 Å². The van der Waals surface area contributed by atoms with Crippen molar-refractivity contribution in [3.63, 3.8) is 0 Å². The van der Waals surface area contributed by atoms with Gasteiger partial charge in [-0.25, -0.2) is 4.98 Å². The first-order valence-corrected chi connectivity index (χ1v) is 5.37. The lowest BCUT2D eigenvalue weighted by atomic mass is 10.1. The zero-order valence-electron chi connectivity index (χ0n) is 9.89. The minimum atomic E-state index is -4.47. The van der Waals surface area contributed by atoms with Crippen LogP contribution in [0.3, 0.4) is 0 Å². The fraction of sp³-hybridized carbons (Fsp3) is 0.0833. The van der Waals surface area contributed by atoms with Crippen LogP contribution in [0, 0.1) is 10.1 Å². The number of halogens is 3. The molecule has 0 amide bonds. The molecule has 1 heterocycles. The number of nitrogens with two attached hydrogens (primary N) is 1. The van der Waals surface area contributed by atoms with Gasteiger partial charge >= 0.3 is 11.9 Å². The number of nitrogen functional groups attached to an aromatic ring is 1. The Morgan fingerprint density at radius 3 is 2.45 bits per heavy atom. The van der Waals surface area contributed by atoms with Crippen molar-refractivity contribution in [2.24, 2.45) is 0 Å². The van der Waals surface area contributed by atoms with Crippen LogP contribution in [-0.2, 0) is 6.18 Å². The number of anilines is 1. The van der Waals surface area contributed by atoms with Gasteiger partial charge in [-0.2, -0.15) is 13.2 Å². The summed E-state index contributed by atoms with van der Waals surface area (Å²) in [6, 6.07) is 6.86. The van der Waals surface area contributed by atoms with Crippen LogP contribution in [0.15, 0.2) is 36.4 Å². The second kappa shape index (κ2) is 4.80. The summed E-state index contributed by atoms with van der Waals surface area (Å²) in [4.78, 5) is 13.6. The summed E-state index contributed by atoms with van der Waals surface area (Å²) in [5.41, 5.74) is 4.52. The Hall–Kier alpha value is -2.64. The molecular formula is C12H8F3N3O2. The van der Waals surface area contributed by atoms with Crippen LogP contribution < -0.4 is 5.73 Å². The van der Waals surface area contributed by atoms with Crippen LogP contribution in [0.5, 0.6) is 0 Å². The SMILES string of the molecule is Nc1nc(-c2cccc(C(F)(F)F)c2)ccc1[N+](=O)[O-]. The van der Waals surface area contributed by atoms with Crippen LogP contribution in [-0.4, -0.2) is 9.91 Å². The topological polar surface area (TPSA) is 82.0 Å². The molecule has 0 fully saturated rings. The summed E-state index contributed by atoms with van der Waals surface area (Å²) in [5.74, 6) is -0.343. The van der Waals surface area contributed by atoms with E-state index in [4.69, 9.17) is 5.73 Å². The van der Waals surface area contributed by atoms with E-state index in [0.29, 0.717) is 0 Å². The monoisotopic (exact) mass is 283 g/mol. The standard InChI is InChI=1S/C12H8F3N3O2/c13-12(14,15)8-3-1-2-7(6-8)9-4-5-10(18(19)20)11(16)17-9/h1-6H,(H2,16,17). The van der Waals surface area contributed by atoms with Gasteiger partial charge in [-0.15, -0.1) is 0 Å². The van der Waals surface area contributed by atoms with Gasteiger partial charge < -0.3 is 5.73 Å². The fourth-order valence-corrected chi connectivity index (χ4v) is 1.64. The average Bonchev–Trinajstić information content (AvgIpc) is 2.37. The zero-order valence-corrected chi connectivity index (χ0v) is 9.89. The number of rotatable bonds is 2. The summed E-state index contributed by atoms with van der Waals surface area (Å²) < 4.78 is 37.8. The molecule has 0 aliphatic carbocycles. The van der Waals surface area contributed by atoms with Crippen LogP contribution >= 0.6 is 0 Å². The lowest BCUT2D eigenvalue weighted by Crippen LogP contribution is -2.05. The van der Waals surface area contributed by atoms with Crippen molar-refractivity contribution in [3.05, 3.63) is 52.1 Å². The van der Waals surface area contributed by atoms with Gasteiger partial charge in [-0.05, 0) is 18.2 Å². The molecule has 0 atom stereocenters. The molecular weight excluding hydrogens is 275 g/mol. The molecule has 0 saturated heterocycles. The van der Waals surface area contributed by atoms with E-state index in [9.17, 15) is 23.3 Å². The summed E-state index contributed by atoms with van der Waals surface area (Å²) in [6.45, 7) is 0. The molecule has 0 aliphatic heterocycles. The molecule has 5 nitrogen and oxygen atoms in total. The lowest BCUT2D eigenvalue weighted by Gasteiger charge is -2.08. The van der Waals surface area contributed by atoms with Crippen LogP contribution in [0.1, 0.15) is 5.56 Å². The van der Waals surface area contributed by atoms with E-state index in [-0.39, 0.29) is 22.8 Å². The molecule has 2 rings (SSSR count). The number of alkyl halides is 3. The quantitative estimate of drug-likeness (QED) is 0.677. The van der Waals surface area contributed by atoms with Crippen molar-refractivity contribution in [1.29, 1.82) is 0 Å². The van der Waals surface area contributed by atoms with Crippen LogP contribution in [0.25, 0.3) is 11.3 Å². The number of hydrogen-bond acceptors (Lipinski definition) is 4. The van der Waals surface area contributed by atoms with Crippen LogP contribution in [0.2, 0.25) is 0 Å². The highest BCUT2D eigenvalue weighted by atomic mass is 19.4. The molecule has 2 N–H and O–H groups in total. The predicted octanol–water partition coefficient (Wildman–Crippen LogP) is 3.26. The normalized spacial score (nSPS) is 11.3. The Kier molecular flexibility index (Phi) is 3.31. The molecule has 0 radical (unpaired) electrons. The van der Waals surface area contributed by atoms with E-state index < -0.39 is 16.7 Å². The Labute approximate surface area is 111 Å². The zero-order chi connectivity index (χ0) is 14.9. The highest BCUT2D eigenvalue weighted by Crippen LogP contribution is 2.32. The lowest BCUT2D eigenvalue weighted by molar-refractivity contribution is -0.384. The number of pyridine rings is 1.